The van der Waals surface area contributed by atoms with Gasteiger partial charge in [0.15, 0.2) is 0 Å². The number of rotatable bonds is 3. The number of anilines is 1. The van der Waals surface area contributed by atoms with Crippen LogP contribution in [0.5, 0.6) is 0 Å². The first-order chi connectivity index (χ1) is 15.1. The average molecular weight is 482 g/mol. The largest absolute Gasteiger partial charge is 0.354 e. The van der Waals surface area contributed by atoms with Gasteiger partial charge in [0, 0.05) is 49.0 Å². The maximum Gasteiger partial charge on any atom is 0.254 e. The van der Waals surface area contributed by atoms with Crippen molar-refractivity contribution in [2.75, 3.05) is 37.6 Å². The van der Waals surface area contributed by atoms with Gasteiger partial charge in [-0.25, -0.2) is 4.98 Å². The number of carbonyl (C=O) groups excluding carboxylic acids is 2. The van der Waals surface area contributed by atoms with Gasteiger partial charge in [-0.2, -0.15) is 5.26 Å². The third-order valence-corrected chi connectivity index (χ3v) is 6.43. The Morgan fingerprint density at radius 3 is 2.61 bits per heavy atom. The maximum atomic E-state index is 13.4. The van der Waals surface area contributed by atoms with Gasteiger partial charge in [-0.3, -0.25) is 9.59 Å². The molecule has 0 saturated carbocycles. The molecule has 2 amide bonds. The van der Waals surface area contributed by atoms with Crippen molar-refractivity contribution >= 4 is 33.6 Å². The predicted molar refractivity (Wildman–Crippen MR) is 121 cm³/mol. The molecule has 1 aromatic carbocycles. The van der Waals surface area contributed by atoms with Gasteiger partial charge in [0.25, 0.3) is 5.91 Å². The Kier molecular flexibility index (Phi) is 6.52. The second-order valence-electron chi connectivity index (χ2n) is 7.82. The van der Waals surface area contributed by atoms with Crippen molar-refractivity contribution < 1.29 is 9.59 Å². The normalized spacial score (nSPS) is 19.1. The summed E-state index contributed by atoms with van der Waals surface area (Å²) >= 11 is 3.39. The van der Waals surface area contributed by atoms with Crippen molar-refractivity contribution in [3.8, 4) is 6.07 Å². The van der Waals surface area contributed by atoms with Crippen LogP contribution in [0.2, 0.25) is 0 Å². The standard InChI is InChI=1S/C23H24BrN5O2/c24-19-8-6-17(7-9-19)22(30)29-13-2-5-20(29)23(31)28-12-3-11-27(14-15-28)21-18(16-25)4-1-10-26-21/h1,4,6-10,20H,2-3,5,11-15H2. The first-order valence-electron chi connectivity index (χ1n) is 10.5. The molecule has 2 saturated heterocycles. The topological polar surface area (TPSA) is 80.5 Å². The van der Waals surface area contributed by atoms with Crippen molar-refractivity contribution in [1.82, 2.24) is 14.8 Å². The molecule has 0 bridgehead atoms. The summed E-state index contributed by atoms with van der Waals surface area (Å²) < 4.78 is 0.916. The highest BCUT2D eigenvalue weighted by Gasteiger charge is 2.37. The molecular weight excluding hydrogens is 458 g/mol. The Labute approximate surface area is 190 Å². The van der Waals surface area contributed by atoms with Gasteiger partial charge in [0.2, 0.25) is 5.91 Å². The third kappa shape index (κ3) is 4.57. The van der Waals surface area contributed by atoms with Gasteiger partial charge in [-0.05, 0) is 55.7 Å². The van der Waals surface area contributed by atoms with Crippen LogP contribution in [0.3, 0.4) is 0 Å². The highest BCUT2D eigenvalue weighted by molar-refractivity contribution is 9.10. The summed E-state index contributed by atoms with van der Waals surface area (Å²) in [6.45, 7) is 3.15. The highest BCUT2D eigenvalue weighted by atomic mass is 79.9. The van der Waals surface area contributed by atoms with Crippen LogP contribution in [0.1, 0.15) is 35.2 Å². The summed E-state index contributed by atoms with van der Waals surface area (Å²) in [6.07, 6.45) is 4.01. The van der Waals surface area contributed by atoms with Gasteiger partial charge >= 0.3 is 0 Å². The number of carbonyl (C=O) groups is 2. The fourth-order valence-electron chi connectivity index (χ4n) is 4.32. The molecule has 0 N–H and O–H groups in total. The zero-order chi connectivity index (χ0) is 21.8. The summed E-state index contributed by atoms with van der Waals surface area (Å²) in [7, 11) is 0. The SMILES string of the molecule is N#Cc1cccnc1N1CCCN(C(=O)C2CCCN2C(=O)c2ccc(Br)cc2)CC1. The second-order valence-corrected chi connectivity index (χ2v) is 8.73. The first kappa shape index (κ1) is 21.3. The van der Waals surface area contributed by atoms with Crippen molar-refractivity contribution in [1.29, 1.82) is 5.26 Å². The van der Waals surface area contributed by atoms with E-state index in [1.165, 1.54) is 0 Å². The molecule has 31 heavy (non-hydrogen) atoms. The molecule has 2 aliphatic heterocycles. The van der Waals surface area contributed by atoms with E-state index in [0.717, 1.165) is 23.9 Å². The number of likely N-dealkylation sites (tertiary alicyclic amines) is 1. The fraction of sp³-hybridized carbons (Fsp3) is 0.391. The summed E-state index contributed by atoms with van der Waals surface area (Å²) in [5.74, 6) is 0.602. The van der Waals surface area contributed by atoms with Crippen LogP contribution in [0.15, 0.2) is 47.1 Å². The highest BCUT2D eigenvalue weighted by Crippen LogP contribution is 2.24. The molecule has 1 aromatic heterocycles. The van der Waals surface area contributed by atoms with E-state index >= 15 is 0 Å². The average Bonchev–Trinajstić information content (AvgIpc) is 3.16. The summed E-state index contributed by atoms with van der Waals surface area (Å²) in [5.41, 5.74) is 1.15. The van der Waals surface area contributed by atoms with E-state index < -0.39 is 6.04 Å². The Bertz CT molecular complexity index is 1000. The van der Waals surface area contributed by atoms with Gasteiger partial charge in [0.1, 0.15) is 17.9 Å². The van der Waals surface area contributed by atoms with Crippen molar-refractivity contribution in [2.45, 2.75) is 25.3 Å². The lowest BCUT2D eigenvalue weighted by molar-refractivity contribution is -0.135. The number of halogens is 1. The van der Waals surface area contributed by atoms with Crippen LogP contribution in [-0.2, 0) is 4.79 Å². The Morgan fingerprint density at radius 2 is 1.84 bits per heavy atom. The van der Waals surface area contributed by atoms with Crippen LogP contribution < -0.4 is 4.90 Å². The number of nitrogens with zero attached hydrogens (tertiary/aromatic N) is 5. The van der Waals surface area contributed by atoms with E-state index in [2.05, 4.69) is 31.9 Å². The Morgan fingerprint density at radius 1 is 1.03 bits per heavy atom. The van der Waals surface area contributed by atoms with Crippen LogP contribution in [0, 0.1) is 11.3 Å². The monoisotopic (exact) mass is 481 g/mol. The lowest BCUT2D eigenvalue weighted by Gasteiger charge is -2.30. The van der Waals surface area contributed by atoms with Crippen molar-refractivity contribution in [2.24, 2.45) is 0 Å². The molecule has 1 unspecified atom stereocenters. The van der Waals surface area contributed by atoms with Gasteiger partial charge in [0.05, 0.1) is 5.56 Å². The zero-order valence-electron chi connectivity index (χ0n) is 17.2. The quantitative estimate of drug-likeness (QED) is 0.672. The van der Waals surface area contributed by atoms with Crippen molar-refractivity contribution in [3.63, 3.8) is 0 Å². The fourth-order valence-corrected chi connectivity index (χ4v) is 4.59. The molecule has 3 heterocycles. The molecule has 160 valence electrons. The minimum absolute atomic E-state index is 0.0198. The lowest BCUT2D eigenvalue weighted by atomic mass is 10.1. The summed E-state index contributed by atoms with van der Waals surface area (Å²) in [5, 5.41) is 9.37. The minimum Gasteiger partial charge on any atom is -0.354 e. The molecule has 2 aromatic rings. The zero-order valence-corrected chi connectivity index (χ0v) is 18.8. The minimum atomic E-state index is -0.410. The molecule has 0 aliphatic carbocycles. The smallest absolute Gasteiger partial charge is 0.254 e. The number of nitriles is 1. The number of aromatic nitrogens is 1. The number of amides is 2. The first-order valence-corrected chi connectivity index (χ1v) is 11.3. The summed E-state index contributed by atoms with van der Waals surface area (Å²) in [6, 6.07) is 12.6. The number of pyridine rings is 1. The lowest BCUT2D eigenvalue weighted by Crippen LogP contribution is -2.48. The van der Waals surface area contributed by atoms with Crippen LogP contribution in [0.4, 0.5) is 5.82 Å². The molecule has 1 atom stereocenters. The molecule has 0 spiro atoms. The molecular formula is C23H24BrN5O2. The van der Waals surface area contributed by atoms with E-state index in [1.54, 1.807) is 35.4 Å². The maximum absolute atomic E-state index is 13.4. The van der Waals surface area contributed by atoms with E-state index in [-0.39, 0.29) is 11.8 Å². The number of hydrogen-bond donors (Lipinski definition) is 0. The van der Waals surface area contributed by atoms with Crippen LogP contribution in [-0.4, -0.2) is 65.4 Å². The molecule has 8 heteroatoms. The Balaban J connectivity index is 1.44. The predicted octanol–water partition coefficient (Wildman–Crippen LogP) is 3.06. The number of hydrogen-bond acceptors (Lipinski definition) is 5. The van der Waals surface area contributed by atoms with Gasteiger partial charge < -0.3 is 14.7 Å². The van der Waals surface area contributed by atoms with Gasteiger partial charge in [-0.15, -0.1) is 0 Å². The molecule has 7 nitrogen and oxygen atoms in total. The van der Waals surface area contributed by atoms with E-state index in [0.29, 0.717) is 49.5 Å². The molecule has 2 fully saturated rings. The molecule has 2 aliphatic rings. The molecule has 4 rings (SSSR count). The Hall–Kier alpha value is -2.92. The van der Waals surface area contributed by atoms with E-state index in [1.807, 2.05) is 17.0 Å². The van der Waals surface area contributed by atoms with Crippen LogP contribution in [0.25, 0.3) is 0 Å². The van der Waals surface area contributed by atoms with E-state index in [4.69, 9.17) is 0 Å². The third-order valence-electron chi connectivity index (χ3n) is 5.90. The van der Waals surface area contributed by atoms with Crippen molar-refractivity contribution in [3.05, 3.63) is 58.2 Å². The summed E-state index contributed by atoms with van der Waals surface area (Å²) in [4.78, 5) is 36.4. The second kappa shape index (κ2) is 9.48. The van der Waals surface area contributed by atoms with Gasteiger partial charge in [-0.1, -0.05) is 15.9 Å². The van der Waals surface area contributed by atoms with E-state index in [9.17, 15) is 14.9 Å². The van der Waals surface area contributed by atoms with Crippen LogP contribution >= 0.6 is 15.9 Å². The molecule has 0 radical (unpaired) electrons. The number of benzene rings is 1.